The zero-order valence-electron chi connectivity index (χ0n) is 12.5. The lowest BCUT2D eigenvalue weighted by Crippen LogP contribution is -2.23. The van der Waals surface area contributed by atoms with E-state index in [4.69, 9.17) is 0 Å². The first kappa shape index (κ1) is 17.3. The van der Waals surface area contributed by atoms with E-state index in [0.717, 1.165) is 0 Å². The van der Waals surface area contributed by atoms with Gasteiger partial charge in [-0.05, 0) is 6.07 Å². The first-order valence-electron chi connectivity index (χ1n) is 6.76. The lowest BCUT2D eigenvalue weighted by Gasteiger charge is -2.24. The van der Waals surface area contributed by atoms with Crippen molar-refractivity contribution in [3.05, 3.63) is 59.7 Å². The van der Waals surface area contributed by atoms with Gasteiger partial charge in [0.15, 0.2) is 0 Å². The van der Waals surface area contributed by atoms with Gasteiger partial charge in [-0.3, -0.25) is 0 Å². The lowest BCUT2D eigenvalue weighted by atomic mass is 9.90. The highest BCUT2D eigenvalue weighted by atomic mass is 16.1. The summed E-state index contributed by atoms with van der Waals surface area (Å²) in [5.41, 5.74) is -1.70. The van der Waals surface area contributed by atoms with E-state index in [9.17, 15) is 19.2 Å². The summed E-state index contributed by atoms with van der Waals surface area (Å²) in [4.78, 5) is 57.8. The number of isocyanates is 4. The smallest absolute Gasteiger partial charge is 0.211 e. The minimum atomic E-state index is -1.89. The fourth-order valence-corrected chi connectivity index (χ4v) is 2.35. The van der Waals surface area contributed by atoms with Crippen molar-refractivity contribution in [2.24, 2.45) is 20.0 Å². The minimum absolute atomic E-state index is 0.0293. The Kier molecular flexibility index (Phi) is 5.54. The van der Waals surface area contributed by atoms with Crippen molar-refractivity contribution in [1.29, 1.82) is 0 Å². The SMILES string of the molecule is O=C=Nc1cccc(C(N=C=O)(N=C=O)c2ccccc2)c1N=C=O. The van der Waals surface area contributed by atoms with Gasteiger partial charge in [-0.25, -0.2) is 19.2 Å². The van der Waals surface area contributed by atoms with E-state index >= 15 is 0 Å². The molecule has 0 aliphatic rings. The molecule has 2 aromatic rings. The van der Waals surface area contributed by atoms with Gasteiger partial charge in [0, 0.05) is 11.1 Å². The first-order chi connectivity index (χ1) is 12.2. The summed E-state index contributed by atoms with van der Waals surface area (Å²) in [6.07, 6.45) is 5.40. The third-order valence-electron chi connectivity index (χ3n) is 3.31. The van der Waals surface area contributed by atoms with Gasteiger partial charge in [0.05, 0.1) is 0 Å². The van der Waals surface area contributed by atoms with E-state index in [-0.39, 0.29) is 16.9 Å². The molecule has 0 saturated carbocycles. The van der Waals surface area contributed by atoms with Gasteiger partial charge in [0.1, 0.15) is 11.4 Å². The molecular formula is C17H8N4O4. The number of aliphatic imine (C=N–C) groups is 4. The molecule has 0 saturated heterocycles. The predicted molar refractivity (Wildman–Crippen MR) is 85.5 cm³/mol. The summed E-state index contributed by atoms with van der Waals surface area (Å²) in [6.45, 7) is 0. The van der Waals surface area contributed by atoms with Crippen molar-refractivity contribution in [1.82, 2.24) is 0 Å². The molecule has 0 aliphatic carbocycles. The van der Waals surface area contributed by atoms with Crippen molar-refractivity contribution < 1.29 is 19.2 Å². The second kappa shape index (κ2) is 7.99. The van der Waals surface area contributed by atoms with E-state index in [1.807, 2.05) is 0 Å². The Hall–Kier alpha value is -4.04. The number of carbonyl (C=O) groups excluding carboxylic acids is 4. The first-order valence-corrected chi connectivity index (χ1v) is 6.76. The van der Waals surface area contributed by atoms with E-state index < -0.39 is 5.66 Å². The summed E-state index contributed by atoms with van der Waals surface area (Å²) in [5, 5.41) is 0. The summed E-state index contributed by atoms with van der Waals surface area (Å²) < 4.78 is 0. The van der Waals surface area contributed by atoms with Gasteiger partial charge in [-0.1, -0.05) is 42.5 Å². The summed E-state index contributed by atoms with van der Waals surface area (Å²) in [5.74, 6) is 0. The van der Waals surface area contributed by atoms with Gasteiger partial charge >= 0.3 is 0 Å². The van der Waals surface area contributed by atoms with Crippen LogP contribution in [0.4, 0.5) is 11.4 Å². The molecule has 0 spiro atoms. The Bertz CT molecular complexity index is 959. The number of para-hydroxylation sites is 1. The second-order valence-corrected chi connectivity index (χ2v) is 4.52. The molecule has 2 aromatic carbocycles. The standard InChI is InChI=1S/C17H8N4O4/c22-9-18-15-8-4-7-14(16(15)19-10-23)17(20-11-24,21-12-25)13-5-2-1-3-6-13/h1-8H. The zero-order chi connectivity index (χ0) is 18.1. The van der Waals surface area contributed by atoms with Crippen LogP contribution in [0.15, 0.2) is 68.5 Å². The van der Waals surface area contributed by atoms with Gasteiger partial charge in [-0.2, -0.15) is 20.0 Å². The summed E-state index contributed by atoms with van der Waals surface area (Å²) >= 11 is 0. The minimum Gasteiger partial charge on any atom is -0.211 e. The summed E-state index contributed by atoms with van der Waals surface area (Å²) in [6, 6.07) is 12.4. The quantitative estimate of drug-likeness (QED) is 0.596. The molecule has 25 heavy (non-hydrogen) atoms. The molecule has 0 N–H and O–H groups in total. The van der Waals surface area contributed by atoms with E-state index in [0.29, 0.717) is 5.56 Å². The molecule has 0 fully saturated rings. The maximum absolute atomic E-state index is 11.0. The number of rotatable bonds is 6. The predicted octanol–water partition coefficient (Wildman–Crippen LogP) is 2.49. The molecule has 0 amide bonds. The highest BCUT2D eigenvalue weighted by Crippen LogP contribution is 2.43. The molecule has 0 radical (unpaired) electrons. The maximum atomic E-state index is 11.0. The van der Waals surface area contributed by atoms with Crippen molar-refractivity contribution in [2.75, 3.05) is 0 Å². The second-order valence-electron chi connectivity index (χ2n) is 4.52. The van der Waals surface area contributed by atoms with Gasteiger partial charge in [0.25, 0.3) is 0 Å². The highest BCUT2D eigenvalue weighted by Gasteiger charge is 2.37. The number of hydrogen-bond acceptors (Lipinski definition) is 8. The lowest BCUT2D eigenvalue weighted by molar-refractivity contribution is 0.517. The molecule has 0 bridgehead atoms. The average molecular weight is 332 g/mol. The van der Waals surface area contributed by atoms with Crippen LogP contribution in [-0.2, 0) is 24.8 Å². The Morgan fingerprint density at radius 3 is 1.88 bits per heavy atom. The van der Waals surface area contributed by atoms with Crippen LogP contribution in [0, 0.1) is 0 Å². The fourth-order valence-electron chi connectivity index (χ4n) is 2.35. The third-order valence-corrected chi connectivity index (χ3v) is 3.31. The number of nitrogens with zero attached hydrogens (tertiary/aromatic N) is 4. The molecule has 0 atom stereocenters. The van der Waals surface area contributed by atoms with Crippen molar-refractivity contribution >= 4 is 35.7 Å². The van der Waals surface area contributed by atoms with Gasteiger partial charge in [-0.15, -0.1) is 0 Å². The Morgan fingerprint density at radius 1 is 0.680 bits per heavy atom. The van der Waals surface area contributed by atoms with Crippen LogP contribution in [0.25, 0.3) is 0 Å². The number of benzene rings is 2. The van der Waals surface area contributed by atoms with Crippen LogP contribution in [0.1, 0.15) is 11.1 Å². The van der Waals surface area contributed by atoms with Gasteiger partial charge < -0.3 is 0 Å². The largest absolute Gasteiger partial charge is 0.240 e. The van der Waals surface area contributed by atoms with Crippen molar-refractivity contribution in [3.63, 3.8) is 0 Å². The van der Waals surface area contributed by atoms with Gasteiger partial charge in [0.2, 0.25) is 30.0 Å². The van der Waals surface area contributed by atoms with Crippen LogP contribution in [0.3, 0.4) is 0 Å². The normalized spacial score (nSPS) is 11.5. The average Bonchev–Trinajstić information content (AvgIpc) is 2.64. The highest BCUT2D eigenvalue weighted by molar-refractivity contribution is 5.74. The molecule has 8 heteroatoms. The number of hydrogen-bond donors (Lipinski definition) is 0. The summed E-state index contributed by atoms with van der Waals surface area (Å²) in [7, 11) is 0. The van der Waals surface area contributed by atoms with E-state index in [2.05, 4.69) is 20.0 Å². The van der Waals surface area contributed by atoms with Crippen molar-refractivity contribution in [3.8, 4) is 0 Å². The van der Waals surface area contributed by atoms with Crippen LogP contribution in [0.2, 0.25) is 0 Å². The molecule has 120 valence electrons. The molecule has 0 aromatic heterocycles. The fraction of sp³-hybridized carbons (Fsp3) is 0.0588. The van der Waals surface area contributed by atoms with Crippen LogP contribution in [0.5, 0.6) is 0 Å². The third kappa shape index (κ3) is 3.33. The van der Waals surface area contributed by atoms with Crippen molar-refractivity contribution in [2.45, 2.75) is 5.66 Å². The molecule has 2 rings (SSSR count). The Balaban J connectivity index is 3.00. The maximum Gasteiger partial charge on any atom is 0.240 e. The molecule has 0 heterocycles. The van der Waals surface area contributed by atoms with E-state index in [1.54, 1.807) is 30.3 Å². The molecule has 8 nitrogen and oxygen atoms in total. The topological polar surface area (TPSA) is 118 Å². The van der Waals surface area contributed by atoms with E-state index in [1.165, 1.54) is 42.5 Å². The Labute approximate surface area is 141 Å². The zero-order valence-corrected chi connectivity index (χ0v) is 12.5. The molecule has 0 unspecified atom stereocenters. The van der Waals surface area contributed by atoms with Crippen LogP contribution >= 0.6 is 0 Å². The molecular weight excluding hydrogens is 324 g/mol. The monoisotopic (exact) mass is 332 g/mol. The Morgan fingerprint density at radius 2 is 1.32 bits per heavy atom. The van der Waals surface area contributed by atoms with Crippen LogP contribution < -0.4 is 0 Å². The van der Waals surface area contributed by atoms with Crippen LogP contribution in [-0.4, -0.2) is 24.3 Å². The molecule has 0 aliphatic heterocycles.